The summed E-state index contributed by atoms with van der Waals surface area (Å²) in [6.45, 7) is 2.56. The molecule has 0 saturated carbocycles. The van der Waals surface area contributed by atoms with Crippen molar-refractivity contribution in [3.63, 3.8) is 0 Å². The van der Waals surface area contributed by atoms with Gasteiger partial charge in [0.25, 0.3) is 0 Å². The molecule has 0 radical (unpaired) electrons. The molecule has 2 aromatic rings. The predicted molar refractivity (Wildman–Crippen MR) is 67.8 cm³/mol. The summed E-state index contributed by atoms with van der Waals surface area (Å²) in [5.74, 6) is -0.147. The van der Waals surface area contributed by atoms with Crippen molar-refractivity contribution in [3.8, 4) is 0 Å². The molecular formula is C12H10Cl2N2O. The minimum absolute atomic E-state index is 0.147. The minimum Gasteiger partial charge on any atom is -0.287 e. The Morgan fingerprint density at radius 3 is 2.76 bits per heavy atom. The number of hydrogen-bond donors (Lipinski definition) is 0. The Balaban J connectivity index is 2.44. The fourth-order valence-corrected chi connectivity index (χ4v) is 2.08. The van der Waals surface area contributed by atoms with Crippen LogP contribution >= 0.6 is 23.2 Å². The second-order valence-electron chi connectivity index (χ2n) is 3.49. The van der Waals surface area contributed by atoms with E-state index in [9.17, 15) is 4.79 Å². The van der Waals surface area contributed by atoms with Crippen molar-refractivity contribution in [2.75, 3.05) is 0 Å². The van der Waals surface area contributed by atoms with Gasteiger partial charge in [-0.2, -0.15) is 5.10 Å². The lowest BCUT2D eigenvalue weighted by Crippen LogP contribution is -2.10. The zero-order valence-corrected chi connectivity index (χ0v) is 10.7. The molecule has 0 saturated heterocycles. The Kier molecular flexibility index (Phi) is 3.50. The SMILES string of the molecule is CCn1nccc1C(=O)c1ccc(Cl)cc1Cl. The summed E-state index contributed by atoms with van der Waals surface area (Å²) < 4.78 is 1.63. The molecule has 0 aliphatic heterocycles. The highest BCUT2D eigenvalue weighted by atomic mass is 35.5. The fourth-order valence-electron chi connectivity index (χ4n) is 1.59. The van der Waals surface area contributed by atoms with Crippen LogP contribution in [0.25, 0.3) is 0 Å². The highest BCUT2D eigenvalue weighted by Gasteiger charge is 2.16. The number of aryl methyl sites for hydroxylation is 1. The lowest BCUT2D eigenvalue weighted by atomic mass is 10.1. The molecule has 88 valence electrons. The van der Waals surface area contributed by atoms with Crippen molar-refractivity contribution in [3.05, 3.63) is 51.8 Å². The predicted octanol–water partition coefficient (Wildman–Crippen LogP) is 3.44. The number of nitrogens with zero attached hydrogens (tertiary/aromatic N) is 2. The Morgan fingerprint density at radius 2 is 2.12 bits per heavy atom. The zero-order chi connectivity index (χ0) is 12.4. The van der Waals surface area contributed by atoms with Gasteiger partial charge in [0.05, 0.1) is 5.02 Å². The van der Waals surface area contributed by atoms with E-state index in [-0.39, 0.29) is 5.78 Å². The normalized spacial score (nSPS) is 10.5. The average molecular weight is 269 g/mol. The van der Waals surface area contributed by atoms with E-state index in [1.54, 1.807) is 35.1 Å². The van der Waals surface area contributed by atoms with Gasteiger partial charge in [0.15, 0.2) is 0 Å². The maximum atomic E-state index is 12.2. The first-order valence-corrected chi connectivity index (χ1v) is 5.90. The van der Waals surface area contributed by atoms with Gasteiger partial charge >= 0.3 is 0 Å². The first-order valence-electron chi connectivity index (χ1n) is 5.15. The number of hydrogen-bond acceptors (Lipinski definition) is 2. The highest BCUT2D eigenvalue weighted by molar-refractivity contribution is 6.37. The third-order valence-corrected chi connectivity index (χ3v) is 2.97. The summed E-state index contributed by atoms with van der Waals surface area (Å²) in [5, 5.41) is 4.92. The molecule has 0 amide bonds. The largest absolute Gasteiger partial charge is 0.287 e. The van der Waals surface area contributed by atoms with Crippen LogP contribution in [0.1, 0.15) is 23.0 Å². The molecule has 1 heterocycles. The summed E-state index contributed by atoms with van der Waals surface area (Å²) in [4.78, 5) is 12.2. The first-order chi connectivity index (χ1) is 8.13. The average Bonchev–Trinajstić information content (AvgIpc) is 2.76. The van der Waals surface area contributed by atoms with Crippen LogP contribution in [0.4, 0.5) is 0 Å². The number of ketones is 1. The van der Waals surface area contributed by atoms with Crippen LogP contribution in [-0.4, -0.2) is 15.6 Å². The van der Waals surface area contributed by atoms with Gasteiger partial charge in [-0.1, -0.05) is 23.2 Å². The lowest BCUT2D eigenvalue weighted by molar-refractivity contribution is 0.102. The van der Waals surface area contributed by atoms with Gasteiger partial charge in [0.2, 0.25) is 5.78 Å². The monoisotopic (exact) mass is 268 g/mol. The van der Waals surface area contributed by atoms with Crippen LogP contribution < -0.4 is 0 Å². The molecule has 0 atom stereocenters. The summed E-state index contributed by atoms with van der Waals surface area (Å²) in [6.07, 6.45) is 1.60. The van der Waals surface area contributed by atoms with E-state index in [1.165, 1.54) is 0 Å². The van der Waals surface area contributed by atoms with Crippen molar-refractivity contribution >= 4 is 29.0 Å². The van der Waals surface area contributed by atoms with Gasteiger partial charge in [-0.3, -0.25) is 9.48 Å². The van der Waals surface area contributed by atoms with Crippen molar-refractivity contribution in [2.24, 2.45) is 0 Å². The third kappa shape index (κ3) is 2.35. The molecule has 0 unspecified atom stereocenters. The van der Waals surface area contributed by atoms with E-state index >= 15 is 0 Å². The standard InChI is InChI=1S/C12H10Cl2N2O/c1-2-16-11(5-6-15-16)12(17)9-4-3-8(13)7-10(9)14/h3-7H,2H2,1H3. The molecule has 0 spiro atoms. The van der Waals surface area contributed by atoms with Crippen LogP contribution in [-0.2, 0) is 6.54 Å². The number of benzene rings is 1. The number of carbonyl (C=O) groups excluding carboxylic acids is 1. The van der Waals surface area contributed by atoms with Gasteiger partial charge in [-0.25, -0.2) is 0 Å². The molecule has 1 aromatic carbocycles. The van der Waals surface area contributed by atoms with Crippen molar-refractivity contribution in [1.29, 1.82) is 0 Å². The molecule has 1 aromatic heterocycles. The molecule has 3 nitrogen and oxygen atoms in total. The highest BCUT2D eigenvalue weighted by Crippen LogP contribution is 2.23. The summed E-state index contributed by atoms with van der Waals surface area (Å²) >= 11 is 11.8. The van der Waals surface area contributed by atoms with Crippen LogP contribution in [0, 0.1) is 0 Å². The molecule has 5 heteroatoms. The maximum Gasteiger partial charge on any atom is 0.212 e. The van der Waals surface area contributed by atoms with Crippen molar-refractivity contribution in [2.45, 2.75) is 13.5 Å². The zero-order valence-electron chi connectivity index (χ0n) is 9.15. The van der Waals surface area contributed by atoms with E-state index in [4.69, 9.17) is 23.2 Å². The van der Waals surface area contributed by atoms with Crippen LogP contribution in [0.5, 0.6) is 0 Å². The van der Waals surface area contributed by atoms with E-state index in [2.05, 4.69) is 5.10 Å². The number of aromatic nitrogens is 2. The van der Waals surface area contributed by atoms with Gasteiger partial charge in [-0.05, 0) is 31.2 Å². The lowest BCUT2D eigenvalue weighted by Gasteiger charge is -2.05. The van der Waals surface area contributed by atoms with Gasteiger partial charge < -0.3 is 0 Å². The van der Waals surface area contributed by atoms with Crippen molar-refractivity contribution < 1.29 is 4.79 Å². The Bertz CT molecular complexity index is 563. The maximum absolute atomic E-state index is 12.2. The number of rotatable bonds is 3. The van der Waals surface area contributed by atoms with E-state index < -0.39 is 0 Å². The summed E-state index contributed by atoms with van der Waals surface area (Å²) in [7, 11) is 0. The molecule has 17 heavy (non-hydrogen) atoms. The molecule has 0 N–H and O–H groups in total. The Morgan fingerprint density at radius 1 is 1.35 bits per heavy atom. The number of carbonyl (C=O) groups is 1. The third-order valence-electron chi connectivity index (χ3n) is 2.42. The second-order valence-corrected chi connectivity index (χ2v) is 4.33. The summed E-state index contributed by atoms with van der Waals surface area (Å²) in [5.41, 5.74) is 0.961. The van der Waals surface area contributed by atoms with E-state index in [0.717, 1.165) is 0 Å². The van der Waals surface area contributed by atoms with Crippen LogP contribution in [0.2, 0.25) is 10.0 Å². The smallest absolute Gasteiger partial charge is 0.212 e. The molecule has 0 fully saturated rings. The van der Waals surface area contributed by atoms with Crippen LogP contribution in [0.3, 0.4) is 0 Å². The van der Waals surface area contributed by atoms with Gasteiger partial charge in [-0.15, -0.1) is 0 Å². The Hall–Kier alpha value is -1.32. The van der Waals surface area contributed by atoms with E-state index in [0.29, 0.717) is 27.8 Å². The van der Waals surface area contributed by atoms with Crippen molar-refractivity contribution in [1.82, 2.24) is 9.78 Å². The molecule has 2 rings (SSSR count). The molecule has 0 aliphatic carbocycles. The molecular weight excluding hydrogens is 259 g/mol. The second kappa shape index (κ2) is 4.90. The first kappa shape index (κ1) is 12.1. The Labute approximate surface area is 109 Å². The minimum atomic E-state index is -0.147. The van der Waals surface area contributed by atoms with Crippen LogP contribution in [0.15, 0.2) is 30.5 Å². The molecule has 0 bridgehead atoms. The topological polar surface area (TPSA) is 34.9 Å². The quantitative estimate of drug-likeness (QED) is 0.800. The van der Waals surface area contributed by atoms with Gasteiger partial charge in [0, 0.05) is 23.3 Å². The molecule has 0 aliphatic rings. The summed E-state index contributed by atoms with van der Waals surface area (Å²) in [6, 6.07) is 6.51. The number of halogens is 2. The van der Waals surface area contributed by atoms with E-state index in [1.807, 2.05) is 6.92 Å². The fraction of sp³-hybridized carbons (Fsp3) is 0.167. The van der Waals surface area contributed by atoms with Gasteiger partial charge in [0.1, 0.15) is 5.69 Å².